The maximum Gasteiger partial charge on any atom is 0.276 e. The fraction of sp³-hybridized carbons (Fsp3) is 0.150. The third-order valence-electron chi connectivity index (χ3n) is 3.81. The van der Waals surface area contributed by atoms with Crippen LogP contribution in [-0.4, -0.2) is 23.2 Å². The number of benzene rings is 2. The van der Waals surface area contributed by atoms with Gasteiger partial charge in [-0.05, 0) is 35.4 Å². The van der Waals surface area contributed by atoms with Gasteiger partial charge < -0.3 is 15.4 Å². The van der Waals surface area contributed by atoms with Gasteiger partial charge in [-0.15, -0.1) is 10.2 Å². The lowest BCUT2D eigenvalue weighted by molar-refractivity contribution is 0.102. The maximum absolute atomic E-state index is 12.2. The fourth-order valence-corrected chi connectivity index (χ4v) is 2.48. The average molecular weight is 348 g/mol. The van der Waals surface area contributed by atoms with Crippen LogP contribution in [0.4, 0.5) is 11.5 Å². The van der Waals surface area contributed by atoms with Gasteiger partial charge in [-0.25, -0.2) is 0 Å². The summed E-state index contributed by atoms with van der Waals surface area (Å²) in [4.78, 5) is 12.2. The predicted octanol–water partition coefficient (Wildman–Crippen LogP) is 3.49. The Morgan fingerprint density at radius 1 is 0.923 bits per heavy atom. The van der Waals surface area contributed by atoms with Crippen LogP contribution < -0.4 is 10.6 Å². The van der Waals surface area contributed by atoms with E-state index in [-0.39, 0.29) is 11.6 Å². The number of para-hydroxylation sites is 1. The normalized spacial score (nSPS) is 10.3. The van der Waals surface area contributed by atoms with E-state index < -0.39 is 0 Å². The molecular weight excluding hydrogens is 328 g/mol. The number of aromatic nitrogens is 2. The molecule has 26 heavy (non-hydrogen) atoms. The molecule has 0 aliphatic carbocycles. The van der Waals surface area contributed by atoms with E-state index in [0.29, 0.717) is 19.0 Å². The van der Waals surface area contributed by atoms with Crippen molar-refractivity contribution in [1.29, 1.82) is 0 Å². The molecule has 0 saturated heterocycles. The van der Waals surface area contributed by atoms with Crippen molar-refractivity contribution >= 4 is 17.4 Å². The Kier molecular flexibility index (Phi) is 5.90. The van der Waals surface area contributed by atoms with Crippen molar-refractivity contribution in [3.8, 4) is 0 Å². The van der Waals surface area contributed by atoms with Crippen LogP contribution in [0.5, 0.6) is 0 Å². The molecule has 6 nitrogen and oxygen atoms in total. The molecule has 132 valence electrons. The first-order valence-electron chi connectivity index (χ1n) is 8.26. The van der Waals surface area contributed by atoms with E-state index in [1.807, 2.05) is 54.6 Å². The van der Waals surface area contributed by atoms with Crippen LogP contribution in [0.3, 0.4) is 0 Å². The van der Waals surface area contributed by atoms with Crippen molar-refractivity contribution in [3.63, 3.8) is 0 Å². The van der Waals surface area contributed by atoms with Gasteiger partial charge in [0.15, 0.2) is 5.69 Å². The van der Waals surface area contributed by atoms with Gasteiger partial charge in [-0.3, -0.25) is 4.79 Å². The molecule has 1 aromatic heterocycles. The molecule has 1 amide bonds. The summed E-state index contributed by atoms with van der Waals surface area (Å²) in [5.74, 6) is 0.314. The van der Waals surface area contributed by atoms with Crippen LogP contribution in [0.1, 0.15) is 21.6 Å². The first kappa shape index (κ1) is 17.6. The number of carbonyl (C=O) groups is 1. The fourth-order valence-electron chi connectivity index (χ4n) is 2.48. The van der Waals surface area contributed by atoms with Gasteiger partial charge in [0.2, 0.25) is 0 Å². The minimum atomic E-state index is -0.291. The number of carbonyl (C=O) groups excluding carboxylic acids is 1. The van der Waals surface area contributed by atoms with Gasteiger partial charge >= 0.3 is 0 Å². The van der Waals surface area contributed by atoms with Crippen molar-refractivity contribution in [2.75, 3.05) is 17.7 Å². The Balaban J connectivity index is 1.60. The average Bonchev–Trinajstić information content (AvgIpc) is 2.69. The molecule has 0 unspecified atom stereocenters. The van der Waals surface area contributed by atoms with E-state index in [2.05, 4.69) is 20.8 Å². The summed E-state index contributed by atoms with van der Waals surface area (Å²) in [6.07, 6.45) is 0. The number of nitrogens with zero attached hydrogens (tertiary/aromatic N) is 2. The van der Waals surface area contributed by atoms with Gasteiger partial charge in [-0.1, -0.05) is 42.5 Å². The van der Waals surface area contributed by atoms with E-state index in [0.717, 1.165) is 16.8 Å². The summed E-state index contributed by atoms with van der Waals surface area (Å²) in [5, 5.41) is 14.1. The zero-order valence-electron chi connectivity index (χ0n) is 14.5. The minimum Gasteiger partial charge on any atom is -0.380 e. The van der Waals surface area contributed by atoms with Crippen LogP contribution >= 0.6 is 0 Å². The molecule has 0 bridgehead atoms. The van der Waals surface area contributed by atoms with Crippen LogP contribution in [0.25, 0.3) is 0 Å². The highest BCUT2D eigenvalue weighted by atomic mass is 16.5. The van der Waals surface area contributed by atoms with Crippen LogP contribution in [-0.2, 0) is 17.9 Å². The summed E-state index contributed by atoms with van der Waals surface area (Å²) in [5.41, 5.74) is 3.23. The highest BCUT2D eigenvalue weighted by Crippen LogP contribution is 2.13. The highest BCUT2D eigenvalue weighted by molar-refractivity contribution is 6.02. The van der Waals surface area contributed by atoms with Gasteiger partial charge in [0.25, 0.3) is 5.91 Å². The zero-order chi connectivity index (χ0) is 18.2. The Hall–Kier alpha value is -3.25. The van der Waals surface area contributed by atoms with E-state index >= 15 is 0 Å². The van der Waals surface area contributed by atoms with Crippen LogP contribution in [0.2, 0.25) is 0 Å². The minimum absolute atomic E-state index is 0.263. The SMILES string of the molecule is COCc1ccccc1CNc1ccc(C(=O)Nc2ccccc2)nn1. The van der Waals surface area contributed by atoms with Crippen LogP contribution in [0.15, 0.2) is 66.7 Å². The van der Waals surface area contributed by atoms with E-state index in [9.17, 15) is 4.79 Å². The molecule has 0 spiro atoms. The van der Waals surface area contributed by atoms with Crippen molar-refractivity contribution in [3.05, 3.63) is 83.6 Å². The number of amides is 1. The van der Waals surface area contributed by atoms with Gasteiger partial charge in [0, 0.05) is 19.3 Å². The van der Waals surface area contributed by atoms with E-state index in [1.54, 1.807) is 19.2 Å². The smallest absolute Gasteiger partial charge is 0.276 e. The third-order valence-corrected chi connectivity index (χ3v) is 3.81. The van der Waals surface area contributed by atoms with Gasteiger partial charge in [0.1, 0.15) is 5.82 Å². The molecule has 0 saturated carbocycles. The monoisotopic (exact) mass is 348 g/mol. The first-order chi connectivity index (χ1) is 12.8. The standard InChI is InChI=1S/C20H20N4O2/c1-26-14-16-8-6-5-7-15(16)13-21-19-12-11-18(23-24-19)20(25)22-17-9-3-2-4-10-17/h2-12H,13-14H2,1H3,(H,21,24)(H,22,25). The largest absolute Gasteiger partial charge is 0.380 e. The molecule has 1 heterocycles. The summed E-state index contributed by atoms with van der Waals surface area (Å²) in [6.45, 7) is 1.16. The maximum atomic E-state index is 12.2. The molecule has 3 aromatic rings. The summed E-state index contributed by atoms with van der Waals surface area (Å²) >= 11 is 0. The van der Waals surface area contributed by atoms with Crippen molar-refractivity contribution < 1.29 is 9.53 Å². The Morgan fingerprint density at radius 2 is 1.65 bits per heavy atom. The number of hydrogen-bond donors (Lipinski definition) is 2. The number of hydrogen-bond acceptors (Lipinski definition) is 5. The number of ether oxygens (including phenoxy) is 1. The second-order valence-corrected chi connectivity index (χ2v) is 5.68. The van der Waals surface area contributed by atoms with Crippen molar-refractivity contribution in [2.45, 2.75) is 13.2 Å². The topological polar surface area (TPSA) is 76.1 Å². The van der Waals surface area contributed by atoms with Crippen molar-refractivity contribution in [1.82, 2.24) is 10.2 Å². The Morgan fingerprint density at radius 3 is 2.35 bits per heavy atom. The second kappa shape index (κ2) is 8.73. The van der Waals surface area contributed by atoms with Gasteiger partial charge in [0.05, 0.1) is 6.61 Å². The van der Waals surface area contributed by atoms with E-state index in [1.165, 1.54) is 0 Å². The summed E-state index contributed by atoms with van der Waals surface area (Å²) < 4.78 is 5.21. The molecule has 0 fully saturated rings. The lowest BCUT2D eigenvalue weighted by Gasteiger charge is -2.10. The lowest BCUT2D eigenvalue weighted by atomic mass is 10.1. The Labute approximate surface area is 152 Å². The predicted molar refractivity (Wildman–Crippen MR) is 101 cm³/mol. The number of nitrogens with one attached hydrogen (secondary N) is 2. The Bertz CT molecular complexity index is 851. The molecule has 6 heteroatoms. The van der Waals surface area contributed by atoms with Crippen molar-refractivity contribution in [2.24, 2.45) is 0 Å². The quantitative estimate of drug-likeness (QED) is 0.683. The van der Waals surface area contributed by atoms with Gasteiger partial charge in [-0.2, -0.15) is 0 Å². The number of methoxy groups -OCH3 is 1. The molecule has 2 aromatic carbocycles. The molecule has 0 atom stereocenters. The summed E-state index contributed by atoms with van der Waals surface area (Å²) in [7, 11) is 1.68. The lowest BCUT2D eigenvalue weighted by Crippen LogP contribution is -2.15. The molecule has 0 radical (unpaired) electrons. The zero-order valence-corrected chi connectivity index (χ0v) is 14.5. The summed E-state index contributed by atoms with van der Waals surface area (Å²) in [6, 6.07) is 20.7. The molecule has 0 aliphatic rings. The number of anilines is 2. The molecule has 3 rings (SSSR count). The van der Waals surface area contributed by atoms with Crippen LogP contribution in [0, 0.1) is 0 Å². The molecular formula is C20H20N4O2. The second-order valence-electron chi connectivity index (χ2n) is 5.68. The molecule has 2 N–H and O–H groups in total. The number of rotatable bonds is 7. The third kappa shape index (κ3) is 4.64. The van der Waals surface area contributed by atoms with E-state index in [4.69, 9.17) is 4.74 Å². The molecule has 0 aliphatic heterocycles. The first-order valence-corrected chi connectivity index (χ1v) is 8.26. The highest BCUT2D eigenvalue weighted by Gasteiger charge is 2.09.